The van der Waals surface area contributed by atoms with Crippen LogP contribution in [0.5, 0.6) is 0 Å². The number of carbonyl (C=O) groups is 1. The first-order valence-corrected chi connectivity index (χ1v) is 8.80. The van der Waals surface area contributed by atoms with Crippen LogP contribution in [-0.2, 0) is 4.79 Å². The maximum Gasteiger partial charge on any atom is 0.251 e. The Hall–Kier alpha value is -2.54. The second-order valence-corrected chi connectivity index (χ2v) is 6.80. The number of aryl methyl sites for hydroxylation is 1. The first kappa shape index (κ1) is 15.0. The molecule has 1 atom stereocenters. The highest BCUT2D eigenvalue weighted by Crippen LogP contribution is 2.28. The molecule has 0 spiro atoms. The van der Waals surface area contributed by atoms with Crippen molar-refractivity contribution in [1.82, 2.24) is 20.0 Å². The van der Waals surface area contributed by atoms with Gasteiger partial charge >= 0.3 is 0 Å². The quantitative estimate of drug-likeness (QED) is 0.735. The molecule has 7 heteroatoms. The summed E-state index contributed by atoms with van der Waals surface area (Å²) in [6.07, 6.45) is 5.28. The summed E-state index contributed by atoms with van der Waals surface area (Å²) < 4.78 is 1.68. The number of rotatable bonds is 3. The van der Waals surface area contributed by atoms with Crippen LogP contribution in [0, 0.1) is 6.92 Å². The average molecular weight is 339 g/mol. The molecule has 0 aliphatic carbocycles. The molecule has 1 unspecified atom stereocenters. The first-order chi connectivity index (χ1) is 11.7. The summed E-state index contributed by atoms with van der Waals surface area (Å²) in [6.45, 7) is 2.78. The van der Waals surface area contributed by atoms with Crippen molar-refractivity contribution in [1.29, 1.82) is 0 Å². The lowest BCUT2D eigenvalue weighted by molar-refractivity contribution is -0.123. The van der Waals surface area contributed by atoms with Crippen LogP contribution in [0.2, 0.25) is 0 Å². The van der Waals surface area contributed by atoms with Crippen molar-refractivity contribution in [3.63, 3.8) is 0 Å². The Morgan fingerprint density at radius 2 is 2.25 bits per heavy atom. The highest BCUT2D eigenvalue weighted by atomic mass is 32.1. The van der Waals surface area contributed by atoms with Gasteiger partial charge in [0.1, 0.15) is 16.7 Å². The summed E-state index contributed by atoms with van der Waals surface area (Å²) in [4.78, 5) is 19.1. The third kappa shape index (κ3) is 2.71. The Morgan fingerprint density at radius 3 is 3.04 bits per heavy atom. The lowest BCUT2D eigenvalue weighted by atomic mass is 10.0. The summed E-state index contributed by atoms with van der Waals surface area (Å²) in [5, 5.41) is 11.1. The SMILES string of the molecule is Cc1cccc(N2CCCC(n3cc(-c4nccs4)nn3)C2=O)c1. The predicted molar refractivity (Wildman–Crippen MR) is 92.9 cm³/mol. The monoisotopic (exact) mass is 339 g/mol. The number of hydrogen-bond donors (Lipinski definition) is 0. The molecule has 0 bridgehead atoms. The van der Waals surface area contributed by atoms with Crippen LogP contribution in [0.1, 0.15) is 24.4 Å². The molecule has 1 aromatic carbocycles. The van der Waals surface area contributed by atoms with Gasteiger partial charge in [-0.1, -0.05) is 17.3 Å². The highest BCUT2D eigenvalue weighted by molar-refractivity contribution is 7.13. The van der Waals surface area contributed by atoms with Crippen LogP contribution in [0.25, 0.3) is 10.7 Å². The molecule has 122 valence electrons. The average Bonchev–Trinajstić information content (AvgIpc) is 3.26. The minimum absolute atomic E-state index is 0.0717. The number of amides is 1. The topological polar surface area (TPSA) is 63.9 Å². The number of piperidine rings is 1. The van der Waals surface area contributed by atoms with Crippen LogP contribution in [0.4, 0.5) is 5.69 Å². The molecule has 1 amide bonds. The van der Waals surface area contributed by atoms with E-state index in [1.165, 1.54) is 11.3 Å². The van der Waals surface area contributed by atoms with E-state index in [1.807, 2.05) is 47.7 Å². The van der Waals surface area contributed by atoms with Gasteiger partial charge in [0.2, 0.25) is 0 Å². The Labute approximate surface area is 143 Å². The second kappa shape index (κ2) is 6.16. The maximum atomic E-state index is 13.0. The van der Waals surface area contributed by atoms with Gasteiger partial charge in [-0.3, -0.25) is 4.79 Å². The summed E-state index contributed by atoms with van der Waals surface area (Å²) in [5.41, 5.74) is 2.81. The lowest BCUT2D eigenvalue weighted by Gasteiger charge is -2.32. The minimum atomic E-state index is -0.305. The number of anilines is 1. The van der Waals surface area contributed by atoms with E-state index in [0.717, 1.165) is 35.6 Å². The van der Waals surface area contributed by atoms with E-state index in [9.17, 15) is 4.79 Å². The summed E-state index contributed by atoms with van der Waals surface area (Å²) in [7, 11) is 0. The molecule has 24 heavy (non-hydrogen) atoms. The third-order valence-electron chi connectivity index (χ3n) is 4.20. The minimum Gasteiger partial charge on any atom is -0.311 e. The zero-order chi connectivity index (χ0) is 16.5. The van der Waals surface area contributed by atoms with Gasteiger partial charge in [-0.2, -0.15) is 0 Å². The van der Waals surface area contributed by atoms with Crippen molar-refractivity contribution in [2.24, 2.45) is 0 Å². The standard InChI is InChI=1S/C17H17N5OS/c1-12-4-2-5-13(10-12)21-8-3-6-15(17(21)23)22-11-14(19-20-22)16-18-7-9-24-16/h2,4-5,7,9-11,15H,3,6,8H2,1H3. The van der Waals surface area contributed by atoms with Gasteiger partial charge in [0.25, 0.3) is 5.91 Å². The molecule has 0 saturated carbocycles. The van der Waals surface area contributed by atoms with E-state index >= 15 is 0 Å². The fraction of sp³-hybridized carbons (Fsp3) is 0.294. The fourth-order valence-electron chi connectivity index (χ4n) is 3.03. The van der Waals surface area contributed by atoms with Gasteiger partial charge in [-0.05, 0) is 37.5 Å². The largest absolute Gasteiger partial charge is 0.311 e. The van der Waals surface area contributed by atoms with Crippen molar-refractivity contribution in [3.8, 4) is 10.7 Å². The van der Waals surface area contributed by atoms with E-state index in [2.05, 4.69) is 15.3 Å². The van der Waals surface area contributed by atoms with Crippen LogP contribution >= 0.6 is 11.3 Å². The zero-order valence-electron chi connectivity index (χ0n) is 13.3. The van der Waals surface area contributed by atoms with Crippen molar-refractivity contribution >= 4 is 22.9 Å². The van der Waals surface area contributed by atoms with Crippen LogP contribution in [-0.4, -0.2) is 32.4 Å². The van der Waals surface area contributed by atoms with Crippen LogP contribution < -0.4 is 4.90 Å². The fourth-order valence-corrected chi connectivity index (χ4v) is 3.62. The Kier molecular flexibility index (Phi) is 3.86. The molecule has 0 N–H and O–H groups in total. The number of aromatic nitrogens is 4. The molecule has 1 fully saturated rings. The molecule has 6 nitrogen and oxygen atoms in total. The molecule has 3 aromatic rings. The first-order valence-electron chi connectivity index (χ1n) is 7.92. The van der Waals surface area contributed by atoms with Gasteiger partial charge in [0.15, 0.2) is 0 Å². The molecular formula is C17H17N5OS. The highest BCUT2D eigenvalue weighted by Gasteiger charge is 2.32. The lowest BCUT2D eigenvalue weighted by Crippen LogP contribution is -2.42. The number of hydrogen-bond acceptors (Lipinski definition) is 5. The number of thiazole rings is 1. The molecule has 1 aliphatic rings. The molecule has 2 aromatic heterocycles. The second-order valence-electron chi connectivity index (χ2n) is 5.91. The van der Waals surface area contributed by atoms with Crippen LogP contribution in [0.3, 0.4) is 0 Å². The number of benzene rings is 1. The molecular weight excluding hydrogens is 322 g/mol. The zero-order valence-corrected chi connectivity index (χ0v) is 14.1. The van der Waals surface area contributed by atoms with Crippen LogP contribution in [0.15, 0.2) is 42.0 Å². The Bertz CT molecular complexity index is 858. The molecule has 0 radical (unpaired) electrons. The smallest absolute Gasteiger partial charge is 0.251 e. The van der Waals surface area contributed by atoms with Gasteiger partial charge in [0.05, 0.1) is 6.20 Å². The molecule has 3 heterocycles. The molecule has 4 rings (SSSR count). The van der Waals surface area contributed by atoms with E-state index < -0.39 is 0 Å². The molecule has 1 aliphatic heterocycles. The van der Waals surface area contributed by atoms with Crippen molar-refractivity contribution in [3.05, 3.63) is 47.6 Å². The van der Waals surface area contributed by atoms with Crippen molar-refractivity contribution in [2.45, 2.75) is 25.8 Å². The van der Waals surface area contributed by atoms with Gasteiger partial charge in [-0.15, -0.1) is 16.4 Å². The van der Waals surface area contributed by atoms with Crippen molar-refractivity contribution in [2.75, 3.05) is 11.4 Å². The number of carbonyl (C=O) groups excluding carboxylic acids is 1. The van der Waals surface area contributed by atoms with E-state index in [-0.39, 0.29) is 11.9 Å². The van der Waals surface area contributed by atoms with E-state index in [1.54, 1.807) is 10.9 Å². The summed E-state index contributed by atoms with van der Waals surface area (Å²) in [6, 6.07) is 7.74. The van der Waals surface area contributed by atoms with Gasteiger partial charge in [-0.25, -0.2) is 9.67 Å². The Balaban J connectivity index is 1.61. The normalized spacial score (nSPS) is 18.1. The maximum absolute atomic E-state index is 13.0. The van der Waals surface area contributed by atoms with Gasteiger partial charge < -0.3 is 4.90 Å². The Morgan fingerprint density at radius 1 is 1.33 bits per heavy atom. The van der Waals surface area contributed by atoms with Crippen molar-refractivity contribution < 1.29 is 4.79 Å². The third-order valence-corrected chi connectivity index (χ3v) is 5.00. The van der Waals surface area contributed by atoms with E-state index in [0.29, 0.717) is 5.69 Å². The molecule has 1 saturated heterocycles. The van der Waals surface area contributed by atoms with Gasteiger partial charge in [0, 0.05) is 23.8 Å². The summed E-state index contributed by atoms with van der Waals surface area (Å²) >= 11 is 1.51. The number of nitrogens with zero attached hydrogens (tertiary/aromatic N) is 5. The predicted octanol–water partition coefficient (Wildman–Crippen LogP) is 3.08. The summed E-state index contributed by atoms with van der Waals surface area (Å²) in [5.74, 6) is 0.0717. The van der Waals surface area contributed by atoms with E-state index in [4.69, 9.17) is 0 Å².